The van der Waals surface area contributed by atoms with E-state index in [2.05, 4.69) is 39.8 Å². The Morgan fingerprint density at radius 1 is 1.06 bits per heavy atom. The van der Waals surface area contributed by atoms with Crippen molar-refractivity contribution in [2.45, 2.75) is 45.6 Å². The Morgan fingerprint density at radius 2 is 1.69 bits per heavy atom. The minimum atomic E-state index is -0.555. The lowest BCUT2D eigenvalue weighted by Gasteiger charge is -2.18. The normalized spacial score (nSPS) is 13.5. The van der Waals surface area contributed by atoms with Crippen molar-refractivity contribution in [1.29, 1.82) is 0 Å². The van der Waals surface area contributed by atoms with Gasteiger partial charge in [0.05, 0.1) is 12.0 Å². The average Bonchev–Trinajstić information content (AvgIpc) is 2.26. The number of rotatable bonds is 4. The van der Waals surface area contributed by atoms with Gasteiger partial charge in [-0.25, -0.2) is 0 Å². The van der Waals surface area contributed by atoms with E-state index in [1.54, 1.807) is 0 Å². The van der Waals surface area contributed by atoms with Gasteiger partial charge in [-0.3, -0.25) is 0 Å². The maximum atomic E-state index is 9.86. The molecular weight excluding hydrogens is 220 g/mol. The molecular formula is C14H21ClO. The summed E-state index contributed by atoms with van der Waals surface area (Å²) in [6.45, 7) is 8.64. The zero-order valence-electron chi connectivity index (χ0n) is 10.5. The van der Waals surface area contributed by atoms with E-state index >= 15 is 0 Å². The smallest absolute Gasteiger partial charge is 0.0928 e. The first-order valence-electron chi connectivity index (χ1n) is 5.85. The quantitative estimate of drug-likeness (QED) is 0.782. The molecule has 0 bridgehead atoms. The van der Waals surface area contributed by atoms with Gasteiger partial charge in [0.25, 0.3) is 0 Å². The highest BCUT2D eigenvalue weighted by Crippen LogP contribution is 2.29. The summed E-state index contributed by atoms with van der Waals surface area (Å²) in [4.78, 5) is 0. The lowest BCUT2D eigenvalue weighted by molar-refractivity contribution is 0.201. The van der Waals surface area contributed by atoms with Crippen LogP contribution in [0.2, 0.25) is 0 Å². The van der Waals surface area contributed by atoms with Gasteiger partial charge in [0, 0.05) is 0 Å². The second-order valence-electron chi connectivity index (χ2n) is 4.87. The molecule has 1 N–H and O–H groups in total. The monoisotopic (exact) mass is 240 g/mol. The Hall–Kier alpha value is -0.530. The molecule has 90 valence electrons. The topological polar surface area (TPSA) is 20.2 Å². The fourth-order valence-electron chi connectivity index (χ4n) is 1.84. The number of hydrogen-bond acceptors (Lipinski definition) is 1. The van der Waals surface area contributed by atoms with Crippen LogP contribution in [0.5, 0.6) is 0 Å². The van der Waals surface area contributed by atoms with Gasteiger partial charge in [-0.2, -0.15) is 0 Å². The molecule has 0 spiro atoms. The second kappa shape index (κ2) is 5.70. The third-order valence-electron chi connectivity index (χ3n) is 2.90. The molecule has 0 fully saturated rings. The average molecular weight is 241 g/mol. The highest BCUT2D eigenvalue weighted by Gasteiger charge is 2.15. The molecule has 1 aromatic rings. The molecule has 1 aromatic carbocycles. The number of halogens is 1. The number of alkyl halides is 1. The van der Waals surface area contributed by atoms with Crippen LogP contribution in [-0.4, -0.2) is 11.0 Å². The Balaban J connectivity index is 3.19. The van der Waals surface area contributed by atoms with E-state index in [1.807, 2.05) is 6.07 Å². The second-order valence-corrected chi connectivity index (χ2v) is 5.18. The molecule has 1 atom stereocenters. The molecule has 0 amide bonds. The van der Waals surface area contributed by atoms with Crippen LogP contribution in [0.25, 0.3) is 0 Å². The van der Waals surface area contributed by atoms with Crippen LogP contribution in [0.1, 0.15) is 62.3 Å². The Morgan fingerprint density at radius 3 is 2.12 bits per heavy atom. The summed E-state index contributed by atoms with van der Waals surface area (Å²) in [5.41, 5.74) is 3.49. The SMILES string of the molecule is CC(C)c1ccc([C@H](O)CCl)c(C(C)C)c1. The fraction of sp³-hybridized carbons (Fsp3) is 0.571. The summed E-state index contributed by atoms with van der Waals surface area (Å²) >= 11 is 5.72. The first-order chi connectivity index (χ1) is 7.47. The van der Waals surface area contributed by atoms with E-state index in [0.29, 0.717) is 11.8 Å². The lowest BCUT2D eigenvalue weighted by atomic mass is 9.90. The van der Waals surface area contributed by atoms with Crippen LogP contribution in [0.3, 0.4) is 0 Å². The predicted molar refractivity (Wildman–Crippen MR) is 70.3 cm³/mol. The van der Waals surface area contributed by atoms with Gasteiger partial charge in [-0.05, 0) is 28.5 Å². The lowest BCUT2D eigenvalue weighted by Crippen LogP contribution is -2.06. The van der Waals surface area contributed by atoms with Gasteiger partial charge < -0.3 is 5.11 Å². The molecule has 0 aliphatic carbocycles. The van der Waals surface area contributed by atoms with Gasteiger partial charge >= 0.3 is 0 Å². The van der Waals surface area contributed by atoms with E-state index in [-0.39, 0.29) is 5.88 Å². The van der Waals surface area contributed by atoms with E-state index in [0.717, 1.165) is 5.56 Å². The number of hydrogen-bond donors (Lipinski definition) is 1. The van der Waals surface area contributed by atoms with Crippen molar-refractivity contribution in [3.8, 4) is 0 Å². The molecule has 0 radical (unpaired) electrons. The van der Waals surface area contributed by atoms with Gasteiger partial charge in [0.2, 0.25) is 0 Å². The molecule has 0 unspecified atom stereocenters. The number of aliphatic hydroxyl groups is 1. The third kappa shape index (κ3) is 2.99. The van der Waals surface area contributed by atoms with Crippen LogP contribution in [0.4, 0.5) is 0 Å². The number of benzene rings is 1. The van der Waals surface area contributed by atoms with E-state index < -0.39 is 6.10 Å². The van der Waals surface area contributed by atoms with Crippen LogP contribution < -0.4 is 0 Å². The summed E-state index contributed by atoms with van der Waals surface area (Å²) in [6, 6.07) is 6.29. The molecule has 1 nitrogen and oxygen atoms in total. The zero-order valence-corrected chi connectivity index (χ0v) is 11.3. The molecule has 1 rings (SSSR count). The van der Waals surface area contributed by atoms with E-state index in [4.69, 9.17) is 11.6 Å². The molecule has 2 heteroatoms. The summed E-state index contributed by atoms with van der Waals surface area (Å²) in [6.07, 6.45) is -0.555. The Kier molecular flexibility index (Phi) is 4.82. The van der Waals surface area contributed by atoms with Crippen molar-refractivity contribution >= 4 is 11.6 Å². The van der Waals surface area contributed by atoms with Gasteiger partial charge in [0.15, 0.2) is 0 Å². The van der Waals surface area contributed by atoms with Crippen LogP contribution >= 0.6 is 11.6 Å². The summed E-state index contributed by atoms with van der Waals surface area (Å²) < 4.78 is 0. The van der Waals surface area contributed by atoms with Crippen molar-refractivity contribution in [2.24, 2.45) is 0 Å². The minimum Gasteiger partial charge on any atom is -0.387 e. The summed E-state index contributed by atoms with van der Waals surface area (Å²) in [5, 5.41) is 9.86. The molecule has 0 saturated carbocycles. The summed E-state index contributed by atoms with van der Waals surface area (Å²) in [7, 11) is 0. The van der Waals surface area contributed by atoms with Crippen LogP contribution in [-0.2, 0) is 0 Å². The largest absolute Gasteiger partial charge is 0.387 e. The van der Waals surface area contributed by atoms with Crippen LogP contribution in [0, 0.1) is 0 Å². The third-order valence-corrected chi connectivity index (χ3v) is 3.20. The highest BCUT2D eigenvalue weighted by molar-refractivity contribution is 6.18. The minimum absolute atomic E-state index is 0.251. The van der Waals surface area contributed by atoms with Gasteiger partial charge in [-0.1, -0.05) is 45.9 Å². The Labute approximate surface area is 103 Å². The maximum absolute atomic E-state index is 9.86. The zero-order chi connectivity index (χ0) is 12.3. The van der Waals surface area contributed by atoms with Crippen molar-refractivity contribution < 1.29 is 5.11 Å². The van der Waals surface area contributed by atoms with Crippen LogP contribution in [0.15, 0.2) is 18.2 Å². The molecule has 0 aliphatic rings. The van der Waals surface area contributed by atoms with Gasteiger partial charge in [-0.15, -0.1) is 11.6 Å². The first kappa shape index (κ1) is 13.5. The molecule has 0 aromatic heterocycles. The van der Waals surface area contributed by atoms with Crippen molar-refractivity contribution in [1.82, 2.24) is 0 Å². The first-order valence-corrected chi connectivity index (χ1v) is 6.38. The molecule has 16 heavy (non-hydrogen) atoms. The fourth-order valence-corrected chi connectivity index (χ4v) is 2.01. The Bertz CT molecular complexity index is 345. The summed E-state index contributed by atoms with van der Waals surface area (Å²) in [5.74, 6) is 1.17. The van der Waals surface area contributed by atoms with E-state index in [9.17, 15) is 5.11 Å². The molecule has 0 heterocycles. The molecule has 0 saturated heterocycles. The highest BCUT2D eigenvalue weighted by atomic mass is 35.5. The van der Waals surface area contributed by atoms with Crippen molar-refractivity contribution in [3.63, 3.8) is 0 Å². The van der Waals surface area contributed by atoms with E-state index in [1.165, 1.54) is 11.1 Å². The predicted octanol–water partition coefficient (Wildman–Crippen LogP) is 4.21. The molecule has 0 aliphatic heterocycles. The maximum Gasteiger partial charge on any atom is 0.0928 e. The standard InChI is InChI=1S/C14H21ClO/c1-9(2)11-5-6-12(14(16)8-15)13(7-11)10(3)4/h5-7,9-10,14,16H,8H2,1-4H3/t14-/m1/s1. The van der Waals surface area contributed by atoms with Gasteiger partial charge in [0.1, 0.15) is 0 Å². The number of aliphatic hydroxyl groups excluding tert-OH is 1. The van der Waals surface area contributed by atoms with Crippen molar-refractivity contribution in [2.75, 3.05) is 5.88 Å². The van der Waals surface area contributed by atoms with Crippen molar-refractivity contribution in [3.05, 3.63) is 34.9 Å².